The Morgan fingerprint density at radius 3 is 2.67 bits per heavy atom. The van der Waals surface area contributed by atoms with E-state index in [1.807, 2.05) is 54.6 Å². The molecule has 6 nitrogen and oxygen atoms in total. The number of aromatic nitrogens is 2. The number of esters is 1. The number of benzene rings is 3. The van der Waals surface area contributed by atoms with Crippen LogP contribution in [0, 0.1) is 0 Å². The number of nitrogens with one attached hydrogen (secondary N) is 1. The number of thiazole rings is 1. The molecule has 1 amide bonds. The second kappa shape index (κ2) is 8.88. The summed E-state index contributed by atoms with van der Waals surface area (Å²) in [7, 11) is 0. The van der Waals surface area contributed by atoms with Crippen LogP contribution in [0.3, 0.4) is 0 Å². The summed E-state index contributed by atoms with van der Waals surface area (Å²) >= 11 is 1.48. The number of amides is 1. The normalized spacial score (nSPS) is 11.5. The Bertz CT molecular complexity index is 1500. The lowest BCUT2D eigenvalue weighted by molar-refractivity contribution is -0.142. The Morgan fingerprint density at radius 2 is 1.82 bits per heavy atom. The molecule has 0 fully saturated rings. The Balaban J connectivity index is 1.23. The maximum Gasteiger partial charge on any atom is 0.331 e. The first kappa shape index (κ1) is 20.9. The van der Waals surface area contributed by atoms with E-state index in [1.54, 1.807) is 6.08 Å². The molecule has 0 aliphatic heterocycles. The molecule has 1 N–H and O–H groups in total. The summed E-state index contributed by atoms with van der Waals surface area (Å²) in [5.41, 5.74) is 3.82. The van der Waals surface area contributed by atoms with Crippen LogP contribution in [0.15, 0.2) is 72.8 Å². The van der Waals surface area contributed by atoms with Gasteiger partial charge in [0.25, 0.3) is 5.91 Å². The predicted molar refractivity (Wildman–Crippen MR) is 133 cm³/mol. The number of hydrogen-bond acceptors (Lipinski definition) is 5. The van der Waals surface area contributed by atoms with E-state index in [2.05, 4.69) is 33.9 Å². The van der Waals surface area contributed by atoms with Gasteiger partial charge in [-0.25, -0.2) is 9.78 Å². The van der Waals surface area contributed by atoms with Crippen molar-refractivity contribution in [1.29, 1.82) is 0 Å². The third-order valence-electron chi connectivity index (χ3n) is 5.39. The van der Waals surface area contributed by atoms with Crippen LogP contribution in [-0.4, -0.2) is 28.0 Å². The lowest BCUT2D eigenvalue weighted by Crippen LogP contribution is -2.20. The van der Waals surface area contributed by atoms with E-state index in [9.17, 15) is 9.59 Å². The molecule has 0 aliphatic rings. The van der Waals surface area contributed by atoms with E-state index in [1.165, 1.54) is 17.4 Å². The number of aryl methyl sites for hydroxylation is 1. The van der Waals surface area contributed by atoms with E-state index < -0.39 is 11.9 Å². The third kappa shape index (κ3) is 4.23. The highest BCUT2D eigenvalue weighted by atomic mass is 32.1. The quantitative estimate of drug-likeness (QED) is 0.266. The standard InChI is InChI=1S/C26H21N3O3S/c1-2-29-21-9-5-3-7-18(21)19-15-17(11-12-22(19)29)27-24(30)16-32-26(31)14-13-25-28-20-8-4-6-10-23(20)33-25/h3-15H,2,16H2,1H3,(H,27,30)/b14-13+. The number of hydrogen-bond donors (Lipinski definition) is 1. The van der Waals surface area contributed by atoms with Gasteiger partial charge in [-0.05, 0) is 49.4 Å². The first-order valence-corrected chi connectivity index (χ1v) is 11.5. The minimum Gasteiger partial charge on any atom is -0.452 e. The van der Waals surface area contributed by atoms with Crippen LogP contribution in [0.5, 0.6) is 0 Å². The van der Waals surface area contributed by atoms with Gasteiger partial charge in [0.05, 0.1) is 10.2 Å². The summed E-state index contributed by atoms with van der Waals surface area (Å²) in [5.74, 6) is -0.985. The van der Waals surface area contributed by atoms with Crippen LogP contribution in [0.2, 0.25) is 0 Å². The molecule has 7 heteroatoms. The topological polar surface area (TPSA) is 73.2 Å². The van der Waals surface area contributed by atoms with Crippen molar-refractivity contribution in [1.82, 2.24) is 9.55 Å². The van der Waals surface area contributed by atoms with Crippen molar-refractivity contribution in [2.45, 2.75) is 13.5 Å². The summed E-state index contributed by atoms with van der Waals surface area (Å²) < 4.78 is 8.38. The Labute approximate surface area is 194 Å². The molecule has 2 heterocycles. The smallest absolute Gasteiger partial charge is 0.331 e. The van der Waals surface area contributed by atoms with Gasteiger partial charge in [-0.2, -0.15) is 0 Å². The molecule has 0 atom stereocenters. The average molecular weight is 456 g/mol. The number of ether oxygens (including phenoxy) is 1. The minimum atomic E-state index is -0.592. The molecular formula is C26H21N3O3S. The van der Waals surface area contributed by atoms with Gasteiger partial charge in [0, 0.05) is 40.1 Å². The largest absolute Gasteiger partial charge is 0.452 e. The molecule has 3 aromatic carbocycles. The molecule has 2 aromatic heterocycles. The molecule has 0 unspecified atom stereocenters. The molecule has 0 aliphatic carbocycles. The highest BCUT2D eigenvalue weighted by molar-refractivity contribution is 7.19. The van der Waals surface area contributed by atoms with Gasteiger partial charge in [0.1, 0.15) is 5.01 Å². The van der Waals surface area contributed by atoms with Gasteiger partial charge < -0.3 is 14.6 Å². The molecule has 5 rings (SSSR count). The summed E-state index contributed by atoms with van der Waals surface area (Å²) in [6, 6.07) is 21.8. The highest BCUT2D eigenvalue weighted by Crippen LogP contribution is 2.31. The van der Waals surface area contributed by atoms with Gasteiger partial charge in [-0.15, -0.1) is 11.3 Å². The second-order valence-corrected chi connectivity index (χ2v) is 8.56. The molecule has 0 radical (unpaired) electrons. The number of rotatable bonds is 6. The first-order valence-electron chi connectivity index (χ1n) is 10.6. The summed E-state index contributed by atoms with van der Waals surface area (Å²) in [6.45, 7) is 2.61. The molecule has 164 valence electrons. The average Bonchev–Trinajstić information content (AvgIpc) is 3.39. The van der Waals surface area contributed by atoms with Crippen LogP contribution in [0.1, 0.15) is 11.9 Å². The van der Waals surface area contributed by atoms with Crippen molar-refractivity contribution < 1.29 is 14.3 Å². The molecular weight excluding hydrogens is 434 g/mol. The molecule has 33 heavy (non-hydrogen) atoms. The van der Waals surface area contributed by atoms with Crippen LogP contribution in [0.25, 0.3) is 38.1 Å². The number of nitrogens with zero attached hydrogens (tertiary/aromatic N) is 2. The van der Waals surface area contributed by atoms with Crippen LogP contribution in [-0.2, 0) is 20.9 Å². The molecule has 0 bridgehead atoms. The number of carbonyl (C=O) groups is 2. The monoisotopic (exact) mass is 455 g/mol. The van der Waals surface area contributed by atoms with Gasteiger partial charge in [-0.1, -0.05) is 30.3 Å². The Kier molecular flexibility index (Phi) is 5.62. The van der Waals surface area contributed by atoms with E-state index >= 15 is 0 Å². The van der Waals surface area contributed by atoms with Crippen LogP contribution >= 0.6 is 11.3 Å². The Hall–Kier alpha value is -3.97. The highest BCUT2D eigenvalue weighted by Gasteiger charge is 2.11. The van der Waals surface area contributed by atoms with Crippen molar-refractivity contribution in [3.8, 4) is 0 Å². The van der Waals surface area contributed by atoms with Gasteiger partial charge in [0.15, 0.2) is 6.61 Å². The fourth-order valence-electron chi connectivity index (χ4n) is 3.95. The van der Waals surface area contributed by atoms with Crippen molar-refractivity contribution in [2.75, 3.05) is 11.9 Å². The van der Waals surface area contributed by atoms with Crippen molar-refractivity contribution in [2.24, 2.45) is 0 Å². The zero-order valence-corrected chi connectivity index (χ0v) is 18.8. The number of fused-ring (bicyclic) bond motifs is 4. The summed E-state index contributed by atoms with van der Waals surface area (Å²) in [6.07, 6.45) is 2.89. The molecule has 0 saturated carbocycles. The lowest BCUT2D eigenvalue weighted by Gasteiger charge is -2.07. The fraction of sp³-hybridized carbons (Fsp3) is 0.115. The van der Waals surface area contributed by atoms with Crippen molar-refractivity contribution in [3.63, 3.8) is 0 Å². The van der Waals surface area contributed by atoms with Crippen molar-refractivity contribution >= 4 is 67.0 Å². The molecule has 5 aromatic rings. The van der Waals surface area contributed by atoms with E-state index in [4.69, 9.17) is 4.74 Å². The zero-order valence-electron chi connectivity index (χ0n) is 17.9. The van der Waals surface area contributed by atoms with Gasteiger partial charge in [-0.3, -0.25) is 4.79 Å². The number of anilines is 1. The molecule has 0 spiro atoms. The van der Waals surface area contributed by atoms with E-state index in [0.29, 0.717) is 10.7 Å². The second-order valence-electron chi connectivity index (χ2n) is 7.50. The predicted octanol–water partition coefficient (Wildman–Crippen LogP) is 5.62. The van der Waals surface area contributed by atoms with Crippen molar-refractivity contribution in [3.05, 3.63) is 77.8 Å². The zero-order chi connectivity index (χ0) is 22.8. The molecule has 0 saturated heterocycles. The Morgan fingerprint density at radius 1 is 1.03 bits per heavy atom. The fourth-order valence-corrected chi connectivity index (χ4v) is 4.82. The summed E-state index contributed by atoms with van der Waals surface area (Å²) in [4.78, 5) is 28.8. The third-order valence-corrected chi connectivity index (χ3v) is 6.39. The van der Waals surface area contributed by atoms with E-state index in [-0.39, 0.29) is 6.61 Å². The summed E-state index contributed by atoms with van der Waals surface area (Å²) in [5, 5.41) is 5.73. The van der Waals surface area contributed by atoms with E-state index in [0.717, 1.165) is 38.6 Å². The van der Waals surface area contributed by atoms with Gasteiger partial charge in [0.2, 0.25) is 0 Å². The maximum atomic E-state index is 12.3. The SMILES string of the molecule is CCn1c2ccccc2c2cc(NC(=O)COC(=O)/C=C/c3nc4ccccc4s3)ccc21. The maximum absolute atomic E-state index is 12.3. The van der Waals surface area contributed by atoms with Crippen LogP contribution < -0.4 is 5.32 Å². The minimum absolute atomic E-state index is 0.363. The number of para-hydroxylation sites is 2. The number of carbonyl (C=O) groups excluding carboxylic acids is 2. The first-order chi connectivity index (χ1) is 16.1. The van der Waals surface area contributed by atoms with Gasteiger partial charge >= 0.3 is 5.97 Å². The lowest BCUT2D eigenvalue weighted by atomic mass is 10.1. The van der Waals surface area contributed by atoms with Crippen LogP contribution in [0.4, 0.5) is 5.69 Å².